The quantitative estimate of drug-likeness (QED) is 0.0870. The van der Waals surface area contributed by atoms with Gasteiger partial charge in [0, 0.05) is 19.5 Å². The fourth-order valence-electron chi connectivity index (χ4n) is 4.07. The van der Waals surface area contributed by atoms with Crippen LogP contribution in [0, 0.1) is 0 Å². The number of carbonyl (C=O) groups excluding carboxylic acids is 3. The predicted octanol–water partition coefficient (Wildman–Crippen LogP) is -1.96. The molecule has 0 aliphatic carbocycles. The van der Waals surface area contributed by atoms with E-state index in [1.54, 1.807) is 24.3 Å². The molecule has 3 amide bonds. The first-order valence-corrected chi connectivity index (χ1v) is 12.2. The monoisotopic (exact) mass is 519 g/mol. The highest BCUT2D eigenvalue weighted by atomic mass is 16.4. The molecule has 204 valence electrons. The Morgan fingerprint density at radius 3 is 2.35 bits per heavy atom. The second-order valence-electron chi connectivity index (χ2n) is 9.06. The molecule has 37 heavy (non-hydrogen) atoms. The predicted molar refractivity (Wildman–Crippen MR) is 136 cm³/mol. The fourth-order valence-corrected chi connectivity index (χ4v) is 4.07. The maximum atomic E-state index is 13.4. The summed E-state index contributed by atoms with van der Waals surface area (Å²) in [5.41, 5.74) is 17.2. The van der Waals surface area contributed by atoms with E-state index in [1.807, 2.05) is 6.07 Å². The van der Waals surface area contributed by atoms with E-state index in [0.717, 1.165) is 5.56 Å². The Morgan fingerprint density at radius 1 is 1.11 bits per heavy atom. The number of aliphatic imine (C=N–C) groups is 1. The molecule has 5 atom stereocenters. The third kappa shape index (κ3) is 9.03. The topological polar surface area (TPSA) is 226 Å². The lowest BCUT2D eigenvalue weighted by Crippen LogP contribution is -2.58. The second-order valence-corrected chi connectivity index (χ2v) is 9.06. The summed E-state index contributed by atoms with van der Waals surface area (Å²) in [6, 6.07) is 4.56. The maximum absolute atomic E-state index is 13.4. The number of aliphatic hydroxyl groups is 1. The number of likely N-dealkylation sites (tertiary alicyclic amines) is 1. The Hall–Kier alpha value is -3.71. The fraction of sp³-hybridized carbons (Fsp3) is 0.542. The van der Waals surface area contributed by atoms with Gasteiger partial charge in [0.05, 0.1) is 6.10 Å². The van der Waals surface area contributed by atoms with Crippen LogP contribution in [0.15, 0.2) is 35.3 Å². The Labute approximate surface area is 215 Å². The van der Waals surface area contributed by atoms with Crippen LogP contribution in [-0.2, 0) is 25.6 Å². The number of aliphatic hydroxyl groups excluding tert-OH is 1. The normalized spacial score (nSPS) is 18.2. The van der Waals surface area contributed by atoms with Gasteiger partial charge in [-0.25, -0.2) is 4.79 Å². The van der Waals surface area contributed by atoms with Gasteiger partial charge in [0.2, 0.25) is 17.7 Å². The number of carbonyl (C=O) groups is 4. The van der Waals surface area contributed by atoms with Crippen LogP contribution >= 0.6 is 0 Å². The van der Waals surface area contributed by atoms with E-state index in [0.29, 0.717) is 19.3 Å². The summed E-state index contributed by atoms with van der Waals surface area (Å²) >= 11 is 0. The molecule has 0 spiro atoms. The minimum absolute atomic E-state index is 0.117. The molecule has 0 radical (unpaired) electrons. The Kier molecular flexibility index (Phi) is 11.3. The van der Waals surface area contributed by atoms with Gasteiger partial charge in [0.25, 0.3) is 0 Å². The molecule has 1 fully saturated rings. The number of hydrogen-bond donors (Lipinski definition) is 7. The van der Waals surface area contributed by atoms with Gasteiger partial charge in [-0.1, -0.05) is 30.3 Å². The summed E-state index contributed by atoms with van der Waals surface area (Å²) in [6.07, 6.45) is 0.277. The van der Waals surface area contributed by atoms with E-state index >= 15 is 0 Å². The number of rotatable bonds is 13. The summed E-state index contributed by atoms with van der Waals surface area (Å²) in [6.45, 7) is 1.81. The highest BCUT2D eigenvalue weighted by molar-refractivity contribution is 5.94. The minimum atomic E-state index is -1.27. The summed E-state index contributed by atoms with van der Waals surface area (Å²) in [4.78, 5) is 56.1. The number of nitrogens with zero attached hydrogens (tertiary/aromatic N) is 2. The van der Waals surface area contributed by atoms with E-state index in [2.05, 4.69) is 15.6 Å². The van der Waals surface area contributed by atoms with Crippen LogP contribution in [0.1, 0.15) is 38.2 Å². The molecule has 13 nitrogen and oxygen atoms in total. The molecule has 2 rings (SSSR count). The first-order valence-electron chi connectivity index (χ1n) is 12.2. The number of nitrogens with two attached hydrogens (primary N) is 3. The van der Waals surface area contributed by atoms with Crippen LogP contribution in [0.3, 0.4) is 0 Å². The van der Waals surface area contributed by atoms with Crippen LogP contribution < -0.4 is 27.8 Å². The number of aliphatic carboxylic acids is 1. The number of carboxylic acid groups (broad SMARTS) is 1. The molecule has 13 heteroatoms. The number of amides is 3. The van der Waals surface area contributed by atoms with Gasteiger partial charge in [0.1, 0.15) is 24.2 Å². The zero-order valence-electron chi connectivity index (χ0n) is 20.9. The number of carboxylic acids is 1. The zero-order chi connectivity index (χ0) is 27.5. The van der Waals surface area contributed by atoms with Crippen molar-refractivity contribution < 1.29 is 29.4 Å². The lowest BCUT2D eigenvalue weighted by atomic mass is 10.0. The van der Waals surface area contributed by atoms with Crippen molar-refractivity contribution in [3.8, 4) is 0 Å². The van der Waals surface area contributed by atoms with Crippen molar-refractivity contribution in [2.24, 2.45) is 22.2 Å². The standard InChI is InChI=1S/C24H37N7O6/c1-14(32)19(25)21(34)29-16(9-5-11-28-24(26)27)20(33)30-17(13-15-7-3-2-4-8-15)22(35)31-12-6-10-18(31)23(36)37/h2-4,7-8,14,16-19,32H,5-6,9-13,25H2,1H3,(H,29,34)(H,30,33)(H,36,37)(H4,26,27,28). The van der Waals surface area contributed by atoms with Gasteiger partial charge in [-0.05, 0) is 38.2 Å². The molecule has 5 unspecified atom stereocenters. The van der Waals surface area contributed by atoms with Crippen LogP contribution in [0.4, 0.5) is 0 Å². The highest BCUT2D eigenvalue weighted by Gasteiger charge is 2.38. The van der Waals surface area contributed by atoms with Crippen molar-refractivity contribution in [2.75, 3.05) is 13.1 Å². The van der Waals surface area contributed by atoms with E-state index < -0.39 is 54.0 Å². The van der Waals surface area contributed by atoms with Crippen molar-refractivity contribution in [3.63, 3.8) is 0 Å². The molecular weight excluding hydrogens is 482 g/mol. The van der Waals surface area contributed by atoms with Crippen LogP contribution in [0.2, 0.25) is 0 Å². The van der Waals surface area contributed by atoms with Gasteiger partial charge in [-0.2, -0.15) is 0 Å². The minimum Gasteiger partial charge on any atom is -0.480 e. The molecule has 1 aliphatic rings. The lowest BCUT2D eigenvalue weighted by molar-refractivity contribution is -0.149. The lowest BCUT2D eigenvalue weighted by Gasteiger charge is -2.29. The number of hydrogen-bond acceptors (Lipinski definition) is 7. The molecule has 0 saturated carbocycles. The van der Waals surface area contributed by atoms with E-state index in [-0.39, 0.29) is 31.9 Å². The number of nitrogens with one attached hydrogen (secondary N) is 2. The average molecular weight is 520 g/mol. The van der Waals surface area contributed by atoms with Crippen LogP contribution in [0.5, 0.6) is 0 Å². The van der Waals surface area contributed by atoms with Gasteiger partial charge < -0.3 is 42.9 Å². The SMILES string of the molecule is CC(O)C(N)C(=O)NC(CCCN=C(N)N)C(=O)NC(Cc1ccccc1)C(=O)N1CCCC1C(=O)O. The smallest absolute Gasteiger partial charge is 0.326 e. The van der Waals surface area contributed by atoms with Crippen molar-refractivity contribution in [3.05, 3.63) is 35.9 Å². The average Bonchev–Trinajstić information content (AvgIpc) is 3.35. The summed E-state index contributed by atoms with van der Waals surface area (Å²) < 4.78 is 0. The van der Waals surface area contributed by atoms with Gasteiger partial charge in [-0.3, -0.25) is 19.4 Å². The van der Waals surface area contributed by atoms with Crippen LogP contribution in [-0.4, -0.2) is 88.1 Å². The summed E-state index contributed by atoms with van der Waals surface area (Å²) in [5, 5.41) is 24.4. The van der Waals surface area contributed by atoms with Gasteiger partial charge >= 0.3 is 5.97 Å². The molecule has 1 saturated heterocycles. The van der Waals surface area contributed by atoms with E-state index in [4.69, 9.17) is 17.2 Å². The van der Waals surface area contributed by atoms with E-state index in [1.165, 1.54) is 11.8 Å². The summed E-state index contributed by atoms with van der Waals surface area (Å²) in [7, 11) is 0. The molecule has 1 heterocycles. The molecule has 0 aromatic heterocycles. The van der Waals surface area contributed by atoms with Crippen molar-refractivity contribution >= 4 is 29.7 Å². The highest BCUT2D eigenvalue weighted by Crippen LogP contribution is 2.20. The van der Waals surface area contributed by atoms with Gasteiger partial charge in [0.15, 0.2) is 5.96 Å². The Balaban J connectivity index is 2.25. The molecule has 1 aromatic carbocycles. The number of guanidine groups is 1. The molecule has 1 aromatic rings. The van der Waals surface area contributed by atoms with Crippen molar-refractivity contribution in [1.82, 2.24) is 15.5 Å². The van der Waals surface area contributed by atoms with Crippen molar-refractivity contribution in [2.45, 2.75) is 69.3 Å². The maximum Gasteiger partial charge on any atom is 0.326 e. The molecule has 10 N–H and O–H groups in total. The molecule has 1 aliphatic heterocycles. The Bertz CT molecular complexity index is 968. The van der Waals surface area contributed by atoms with Crippen LogP contribution in [0.25, 0.3) is 0 Å². The van der Waals surface area contributed by atoms with Crippen molar-refractivity contribution in [1.29, 1.82) is 0 Å². The first-order chi connectivity index (χ1) is 17.5. The van der Waals surface area contributed by atoms with E-state index in [9.17, 15) is 29.4 Å². The third-order valence-electron chi connectivity index (χ3n) is 6.12. The zero-order valence-corrected chi connectivity index (χ0v) is 20.9. The first kappa shape index (κ1) is 29.5. The third-order valence-corrected chi connectivity index (χ3v) is 6.12. The Morgan fingerprint density at radius 2 is 1.76 bits per heavy atom. The molecular formula is C24H37N7O6. The summed E-state index contributed by atoms with van der Waals surface area (Å²) in [5.74, 6) is -3.14. The van der Waals surface area contributed by atoms with Gasteiger partial charge in [-0.15, -0.1) is 0 Å². The molecule has 0 bridgehead atoms. The number of benzene rings is 1. The second kappa shape index (κ2) is 14.1. The largest absolute Gasteiger partial charge is 0.480 e.